The number of hydrogen-bond donors (Lipinski definition) is 3. The van der Waals surface area contributed by atoms with Crippen LogP contribution in [0.5, 0.6) is 0 Å². The third-order valence-corrected chi connectivity index (χ3v) is 4.17. The second-order valence-corrected chi connectivity index (χ2v) is 5.88. The van der Waals surface area contributed by atoms with Gasteiger partial charge in [0.1, 0.15) is 0 Å². The minimum Gasteiger partial charge on any atom is -0.379 e. The highest BCUT2D eigenvalue weighted by Gasteiger charge is 2.15. The summed E-state index contributed by atoms with van der Waals surface area (Å²) in [5.74, 6) is 0. The zero-order chi connectivity index (χ0) is 15.4. The van der Waals surface area contributed by atoms with Crippen LogP contribution in [0, 0.1) is 6.92 Å². The van der Waals surface area contributed by atoms with E-state index in [2.05, 4.69) is 40.7 Å². The van der Waals surface area contributed by atoms with Crippen LogP contribution in [0.3, 0.4) is 0 Å². The predicted molar refractivity (Wildman–Crippen MR) is 87.1 cm³/mol. The van der Waals surface area contributed by atoms with Crippen molar-refractivity contribution >= 4 is 16.9 Å². The Labute approximate surface area is 130 Å². The number of aromatic amines is 1. The summed E-state index contributed by atoms with van der Waals surface area (Å²) in [4.78, 5) is 15.2. The number of nitrogens with one attached hydrogen (secondary N) is 3. The fourth-order valence-corrected chi connectivity index (χ4v) is 3.05. The van der Waals surface area contributed by atoms with Crippen molar-refractivity contribution in [2.45, 2.75) is 32.2 Å². The van der Waals surface area contributed by atoms with Crippen LogP contribution in [-0.2, 0) is 11.2 Å². The number of benzene rings is 1. The molecule has 5 heteroatoms. The highest BCUT2D eigenvalue weighted by atomic mass is 16.5. The topological polar surface area (TPSA) is 66.2 Å². The summed E-state index contributed by atoms with van der Waals surface area (Å²) in [6.07, 6.45) is 4.86. The number of rotatable bonds is 4. The SMILES string of the molecule is Cc1cccc2[nH]cc(CCNC(=O)NC3CCCOC3)c12. The van der Waals surface area contributed by atoms with Crippen molar-refractivity contribution in [1.82, 2.24) is 15.6 Å². The molecule has 1 aromatic heterocycles. The lowest BCUT2D eigenvalue weighted by atomic mass is 10.1. The smallest absolute Gasteiger partial charge is 0.315 e. The van der Waals surface area contributed by atoms with E-state index in [-0.39, 0.29) is 12.1 Å². The van der Waals surface area contributed by atoms with E-state index in [1.54, 1.807) is 0 Å². The zero-order valence-electron chi connectivity index (χ0n) is 12.9. The molecule has 0 aliphatic carbocycles. The lowest BCUT2D eigenvalue weighted by Gasteiger charge is -2.23. The first-order chi connectivity index (χ1) is 10.7. The number of aryl methyl sites for hydroxylation is 1. The van der Waals surface area contributed by atoms with Gasteiger partial charge in [-0.2, -0.15) is 0 Å². The number of hydrogen-bond acceptors (Lipinski definition) is 2. The van der Waals surface area contributed by atoms with Crippen LogP contribution in [0.4, 0.5) is 4.79 Å². The van der Waals surface area contributed by atoms with Crippen molar-refractivity contribution in [1.29, 1.82) is 0 Å². The van der Waals surface area contributed by atoms with Crippen LogP contribution in [0.1, 0.15) is 24.0 Å². The molecule has 3 N–H and O–H groups in total. The Balaban J connectivity index is 1.50. The van der Waals surface area contributed by atoms with E-state index in [9.17, 15) is 4.79 Å². The summed E-state index contributed by atoms with van der Waals surface area (Å²) in [6.45, 7) is 4.17. The quantitative estimate of drug-likeness (QED) is 0.812. The van der Waals surface area contributed by atoms with Crippen molar-refractivity contribution < 1.29 is 9.53 Å². The highest BCUT2D eigenvalue weighted by molar-refractivity contribution is 5.86. The maximum Gasteiger partial charge on any atom is 0.315 e. The monoisotopic (exact) mass is 301 g/mol. The number of ether oxygens (including phenoxy) is 1. The van der Waals surface area contributed by atoms with Gasteiger partial charge in [-0.15, -0.1) is 0 Å². The Morgan fingerprint density at radius 2 is 2.36 bits per heavy atom. The zero-order valence-corrected chi connectivity index (χ0v) is 12.9. The van der Waals surface area contributed by atoms with Gasteiger partial charge in [-0.3, -0.25) is 0 Å². The maximum atomic E-state index is 11.9. The summed E-state index contributed by atoms with van der Waals surface area (Å²) in [5.41, 5.74) is 3.66. The molecular formula is C17H23N3O2. The molecule has 5 nitrogen and oxygen atoms in total. The van der Waals surface area contributed by atoms with Gasteiger partial charge in [-0.1, -0.05) is 12.1 Å². The highest BCUT2D eigenvalue weighted by Crippen LogP contribution is 2.22. The second kappa shape index (κ2) is 6.83. The Morgan fingerprint density at radius 3 is 3.18 bits per heavy atom. The molecule has 2 aromatic rings. The van der Waals surface area contributed by atoms with Crippen LogP contribution in [0.25, 0.3) is 10.9 Å². The van der Waals surface area contributed by atoms with Gasteiger partial charge in [0.2, 0.25) is 0 Å². The van der Waals surface area contributed by atoms with Gasteiger partial charge < -0.3 is 20.4 Å². The molecule has 3 rings (SSSR count). The molecule has 2 amide bonds. The third-order valence-electron chi connectivity index (χ3n) is 4.17. The minimum absolute atomic E-state index is 0.105. The average molecular weight is 301 g/mol. The molecule has 1 aliphatic rings. The number of H-pyrrole nitrogens is 1. The molecule has 1 fully saturated rings. The van der Waals surface area contributed by atoms with Crippen molar-refractivity contribution in [2.75, 3.05) is 19.8 Å². The first-order valence-electron chi connectivity index (χ1n) is 7.92. The summed E-state index contributed by atoms with van der Waals surface area (Å²) in [6, 6.07) is 6.28. The standard InChI is InChI=1S/C17H23N3O2/c1-12-4-2-6-15-16(12)13(10-19-15)7-8-18-17(21)20-14-5-3-9-22-11-14/h2,4,6,10,14,19H,3,5,7-9,11H2,1H3,(H2,18,20,21). The van der Waals surface area contributed by atoms with Crippen molar-refractivity contribution in [3.05, 3.63) is 35.5 Å². The Morgan fingerprint density at radius 1 is 1.45 bits per heavy atom. The number of aromatic nitrogens is 1. The fraction of sp³-hybridized carbons (Fsp3) is 0.471. The number of carbonyl (C=O) groups is 1. The molecular weight excluding hydrogens is 278 g/mol. The molecule has 118 valence electrons. The van der Waals surface area contributed by atoms with E-state index in [0.29, 0.717) is 13.2 Å². The van der Waals surface area contributed by atoms with Crippen LogP contribution < -0.4 is 10.6 Å². The van der Waals surface area contributed by atoms with E-state index < -0.39 is 0 Å². The number of urea groups is 1. The molecule has 1 unspecified atom stereocenters. The third kappa shape index (κ3) is 3.42. The molecule has 1 aromatic carbocycles. The van der Waals surface area contributed by atoms with Crippen molar-refractivity contribution in [2.24, 2.45) is 0 Å². The number of carbonyl (C=O) groups excluding carboxylic acids is 1. The molecule has 1 atom stereocenters. The molecule has 1 aliphatic heterocycles. The van der Waals surface area contributed by atoms with Gasteiger partial charge >= 0.3 is 6.03 Å². The van der Waals surface area contributed by atoms with E-state index in [0.717, 1.165) is 31.4 Å². The van der Waals surface area contributed by atoms with Gasteiger partial charge in [0.15, 0.2) is 0 Å². The lowest BCUT2D eigenvalue weighted by Crippen LogP contribution is -2.46. The molecule has 0 radical (unpaired) electrons. The summed E-state index contributed by atoms with van der Waals surface area (Å²) in [7, 11) is 0. The molecule has 0 spiro atoms. The number of fused-ring (bicyclic) bond motifs is 1. The van der Waals surface area contributed by atoms with Gasteiger partial charge in [0, 0.05) is 30.3 Å². The van der Waals surface area contributed by atoms with Crippen LogP contribution in [-0.4, -0.2) is 36.8 Å². The van der Waals surface area contributed by atoms with Crippen molar-refractivity contribution in [3.8, 4) is 0 Å². The van der Waals surface area contributed by atoms with E-state index in [1.165, 1.54) is 16.5 Å². The first-order valence-corrected chi connectivity index (χ1v) is 7.92. The van der Waals surface area contributed by atoms with Crippen LogP contribution in [0.2, 0.25) is 0 Å². The van der Waals surface area contributed by atoms with E-state index in [4.69, 9.17) is 4.74 Å². The van der Waals surface area contributed by atoms with Crippen LogP contribution >= 0.6 is 0 Å². The lowest BCUT2D eigenvalue weighted by molar-refractivity contribution is 0.0732. The minimum atomic E-state index is -0.105. The van der Waals surface area contributed by atoms with Gasteiger partial charge in [-0.25, -0.2) is 4.79 Å². The van der Waals surface area contributed by atoms with E-state index >= 15 is 0 Å². The van der Waals surface area contributed by atoms with Gasteiger partial charge in [0.25, 0.3) is 0 Å². The Kier molecular flexibility index (Phi) is 4.63. The molecule has 1 saturated heterocycles. The molecule has 0 bridgehead atoms. The number of amides is 2. The molecule has 22 heavy (non-hydrogen) atoms. The molecule has 0 saturated carbocycles. The first kappa shape index (κ1) is 14.9. The summed E-state index contributed by atoms with van der Waals surface area (Å²) in [5, 5.41) is 7.17. The Bertz CT molecular complexity index is 644. The second-order valence-electron chi connectivity index (χ2n) is 5.88. The van der Waals surface area contributed by atoms with Crippen LogP contribution in [0.15, 0.2) is 24.4 Å². The van der Waals surface area contributed by atoms with E-state index in [1.807, 2.05) is 6.20 Å². The summed E-state index contributed by atoms with van der Waals surface area (Å²) >= 11 is 0. The largest absolute Gasteiger partial charge is 0.379 e. The maximum absolute atomic E-state index is 11.9. The van der Waals surface area contributed by atoms with Gasteiger partial charge in [-0.05, 0) is 43.4 Å². The summed E-state index contributed by atoms with van der Waals surface area (Å²) < 4.78 is 5.36. The predicted octanol–water partition coefficient (Wildman–Crippen LogP) is 2.50. The normalized spacial score (nSPS) is 18.3. The average Bonchev–Trinajstić information content (AvgIpc) is 2.93. The van der Waals surface area contributed by atoms with Crippen molar-refractivity contribution in [3.63, 3.8) is 0 Å². The Hall–Kier alpha value is -2.01. The fourth-order valence-electron chi connectivity index (χ4n) is 3.05. The van der Waals surface area contributed by atoms with Gasteiger partial charge in [0.05, 0.1) is 12.6 Å². The molecule has 2 heterocycles.